The third-order valence-electron chi connectivity index (χ3n) is 4.42. The van der Waals surface area contributed by atoms with Gasteiger partial charge in [0.05, 0.1) is 27.9 Å². The molecule has 0 radical (unpaired) electrons. The highest BCUT2D eigenvalue weighted by Gasteiger charge is 2.13. The standard InChI is InChI=1S/C24H17I2NO4/c1-30-22-12-16(10-19(13-27)17-4-6-18(7-5-17)24(28)29)11-21(26)23(22)31-14-15-2-8-20(25)9-3-15/h2-12H,14H2,1H3,(H,28,29)/b19-10-. The monoisotopic (exact) mass is 637 g/mol. The lowest BCUT2D eigenvalue weighted by molar-refractivity contribution is 0.0697. The molecule has 0 atom stereocenters. The molecule has 3 aromatic carbocycles. The van der Waals surface area contributed by atoms with E-state index in [1.807, 2.05) is 36.4 Å². The molecule has 5 nitrogen and oxygen atoms in total. The van der Waals surface area contributed by atoms with Crippen LogP contribution in [0.15, 0.2) is 60.7 Å². The predicted octanol–water partition coefficient (Wildman–Crippen LogP) is 6.25. The van der Waals surface area contributed by atoms with Crippen LogP contribution >= 0.6 is 45.2 Å². The predicted molar refractivity (Wildman–Crippen MR) is 136 cm³/mol. The first kappa shape index (κ1) is 23.1. The maximum atomic E-state index is 11.0. The smallest absolute Gasteiger partial charge is 0.335 e. The Morgan fingerprint density at radius 3 is 2.29 bits per heavy atom. The molecule has 3 aromatic rings. The lowest BCUT2D eigenvalue weighted by Gasteiger charge is -2.14. The normalized spacial score (nSPS) is 11.0. The van der Waals surface area contributed by atoms with Gasteiger partial charge in [-0.2, -0.15) is 5.26 Å². The van der Waals surface area contributed by atoms with Gasteiger partial charge in [-0.25, -0.2) is 4.79 Å². The van der Waals surface area contributed by atoms with E-state index in [0.29, 0.717) is 29.2 Å². The van der Waals surface area contributed by atoms with E-state index >= 15 is 0 Å². The third-order valence-corrected chi connectivity index (χ3v) is 5.94. The van der Waals surface area contributed by atoms with Crippen LogP contribution in [-0.2, 0) is 6.61 Å². The number of methoxy groups -OCH3 is 1. The number of carboxylic acids is 1. The maximum Gasteiger partial charge on any atom is 0.335 e. The van der Waals surface area contributed by atoms with Crippen LogP contribution in [-0.4, -0.2) is 18.2 Å². The molecule has 0 saturated carbocycles. The summed E-state index contributed by atoms with van der Waals surface area (Å²) in [5, 5.41) is 18.6. The minimum atomic E-state index is -1.01. The quantitative estimate of drug-likeness (QED) is 0.189. The van der Waals surface area contributed by atoms with Crippen LogP contribution < -0.4 is 9.47 Å². The Bertz CT molecular complexity index is 1160. The number of nitrogens with zero attached hydrogens (tertiary/aromatic N) is 1. The molecule has 3 rings (SSSR count). The van der Waals surface area contributed by atoms with E-state index in [0.717, 1.165) is 18.3 Å². The van der Waals surface area contributed by atoms with Crippen molar-refractivity contribution < 1.29 is 19.4 Å². The van der Waals surface area contributed by atoms with Crippen molar-refractivity contribution in [2.45, 2.75) is 6.61 Å². The second-order valence-electron chi connectivity index (χ2n) is 6.50. The van der Waals surface area contributed by atoms with Crippen molar-refractivity contribution in [3.8, 4) is 17.6 Å². The second kappa shape index (κ2) is 10.6. The average Bonchev–Trinajstić information content (AvgIpc) is 2.77. The topological polar surface area (TPSA) is 79.5 Å². The zero-order valence-corrected chi connectivity index (χ0v) is 20.7. The maximum absolute atomic E-state index is 11.0. The van der Waals surface area contributed by atoms with E-state index in [4.69, 9.17) is 14.6 Å². The summed E-state index contributed by atoms with van der Waals surface area (Å²) >= 11 is 4.45. The second-order valence-corrected chi connectivity index (χ2v) is 8.91. The highest BCUT2D eigenvalue weighted by atomic mass is 127. The van der Waals surface area contributed by atoms with Gasteiger partial charge in [-0.05, 0) is 104 Å². The molecule has 0 aliphatic carbocycles. The van der Waals surface area contributed by atoms with Crippen LogP contribution in [0.1, 0.15) is 27.0 Å². The van der Waals surface area contributed by atoms with Gasteiger partial charge < -0.3 is 14.6 Å². The first-order valence-corrected chi connectivity index (χ1v) is 11.3. The highest BCUT2D eigenvalue weighted by molar-refractivity contribution is 14.1. The Morgan fingerprint density at radius 1 is 1.06 bits per heavy atom. The fourth-order valence-corrected chi connectivity index (χ4v) is 3.98. The summed E-state index contributed by atoms with van der Waals surface area (Å²) in [6.07, 6.45) is 1.74. The number of nitriles is 1. The summed E-state index contributed by atoms with van der Waals surface area (Å²) in [6.45, 7) is 0.415. The van der Waals surface area contributed by atoms with Crippen LogP contribution in [0.4, 0.5) is 0 Å². The zero-order valence-electron chi connectivity index (χ0n) is 16.4. The molecule has 1 N–H and O–H groups in total. The molecule has 0 spiro atoms. The first-order chi connectivity index (χ1) is 14.9. The molecule has 0 aliphatic heterocycles. The van der Waals surface area contributed by atoms with Crippen LogP contribution in [0, 0.1) is 18.5 Å². The van der Waals surface area contributed by atoms with Gasteiger partial charge in [0.25, 0.3) is 0 Å². The number of hydrogen-bond donors (Lipinski definition) is 1. The molecule has 31 heavy (non-hydrogen) atoms. The van der Waals surface area contributed by atoms with Crippen molar-refractivity contribution in [2.75, 3.05) is 7.11 Å². The Hall–Kier alpha value is -2.58. The molecule has 0 aliphatic rings. The molecule has 0 aromatic heterocycles. The van der Waals surface area contributed by atoms with Gasteiger partial charge in [-0.1, -0.05) is 24.3 Å². The molecule has 7 heteroatoms. The number of allylic oxidation sites excluding steroid dienone is 1. The minimum absolute atomic E-state index is 0.173. The highest BCUT2D eigenvalue weighted by Crippen LogP contribution is 2.35. The number of ether oxygens (including phenoxy) is 2. The van der Waals surface area contributed by atoms with Crippen molar-refractivity contribution in [1.29, 1.82) is 5.26 Å². The van der Waals surface area contributed by atoms with E-state index in [1.54, 1.807) is 25.3 Å². The summed E-state index contributed by atoms with van der Waals surface area (Å²) in [6, 6.07) is 20.2. The first-order valence-electron chi connectivity index (χ1n) is 9.11. The molecule has 0 bridgehead atoms. The van der Waals surface area contributed by atoms with Crippen molar-refractivity contribution in [1.82, 2.24) is 0 Å². The molecule has 0 amide bonds. The van der Waals surface area contributed by atoms with Crippen LogP contribution in [0.25, 0.3) is 11.6 Å². The number of halogens is 2. The molecule has 156 valence electrons. The number of aromatic carboxylic acids is 1. The van der Waals surface area contributed by atoms with Crippen LogP contribution in [0.5, 0.6) is 11.5 Å². The number of hydrogen-bond acceptors (Lipinski definition) is 4. The molecular formula is C24H17I2NO4. The Balaban J connectivity index is 1.87. The Kier molecular flexibility index (Phi) is 7.92. The fourth-order valence-electron chi connectivity index (χ4n) is 2.84. The molecule has 0 unspecified atom stereocenters. The summed E-state index contributed by atoms with van der Waals surface area (Å²) in [4.78, 5) is 11.0. The Morgan fingerprint density at radius 2 is 1.71 bits per heavy atom. The fraction of sp³-hybridized carbons (Fsp3) is 0.0833. The molecule has 0 saturated heterocycles. The molecular weight excluding hydrogens is 620 g/mol. The summed E-state index contributed by atoms with van der Waals surface area (Å²) in [5.41, 5.74) is 3.07. The average molecular weight is 637 g/mol. The summed E-state index contributed by atoms with van der Waals surface area (Å²) < 4.78 is 13.6. The zero-order chi connectivity index (χ0) is 22.4. The molecule has 0 fully saturated rings. The lowest BCUT2D eigenvalue weighted by atomic mass is 10.0. The van der Waals surface area contributed by atoms with E-state index in [2.05, 4.69) is 51.3 Å². The van der Waals surface area contributed by atoms with Crippen molar-refractivity contribution in [2.24, 2.45) is 0 Å². The third kappa shape index (κ3) is 5.98. The van der Waals surface area contributed by atoms with Crippen molar-refractivity contribution in [3.63, 3.8) is 0 Å². The largest absolute Gasteiger partial charge is 0.493 e. The van der Waals surface area contributed by atoms with Gasteiger partial charge in [0.1, 0.15) is 6.61 Å². The van der Waals surface area contributed by atoms with Gasteiger partial charge in [-0.3, -0.25) is 0 Å². The number of carbonyl (C=O) groups is 1. The van der Waals surface area contributed by atoms with Gasteiger partial charge in [0.15, 0.2) is 11.5 Å². The van der Waals surface area contributed by atoms with E-state index < -0.39 is 5.97 Å². The van der Waals surface area contributed by atoms with Gasteiger partial charge in [-0.15, -0.1) is 0 Å². The van der Waals surface area contributed by atoms with Crippen molar-refractivity contribution >= 4 is 62.8 Å². The van der Waals surface area contributed by atoms with Crippen LogP contribution in [0.2, 0.25) is 0 Å². The van der Waals surface area contributed by atoms with Gasteiger partial charge in [0.2, 0.25) is 0 Å². The van der Waals surface area contributed by atoms with Gasteiger partial charge in [0, 0.05) is 3.57 Å². The minimum Gasteiger partial charge on any atom is -0.493 e. The lowest BCUT2D eigenvalue weighted by Crippen LogP contribution is -2.00. The van der Waals surface area contributed by atoms with E-state index in [9.17, 15) is 10.1 Å². The van der Waals surface area contributed by atoms with E-state index in [1.165, 1.54) is 12.1 Å². The van der Waals surface area contributed by atoms with Gasteiger partial charge >= 0.3 is 5.97 Å². The summed E-state index contributed by atoms with van der Waals surface area (Å²) in [7, 11) is 1.58. The van der Waals surface area contributed by atoms with Crippen molar-refractivity contribution in [3.05, 3.63) is 90.1 Å². The summed E-state index contributed by atoms with van der Waals surface area (Å²) in [5.74, 6) is 0.208. The number of carboxylic acid groups (broad SMARTS) is 1. The molecule has 0 heterocycles. The SMILES string of the molecule is COc1cc(/C=C(/C#N)c2ccc(C(=O)O)cc2)cc(I)c1OCc1ccc(I)cc1. The Labute approximate surface area is 207 Å². The van der Waals surface area contributed by atoms with E-state index in [-0.39, 0.29) is 5.56 Å². The number of rotatable bonds is 7. The van der Waals surface area contributed by atoms with Crippen LogP contribution in [0.3, 0.4) is 0 Å². The number of benzene rings is 3.